The summed E-state index contributed by atoms with van der Waals surface area (Å²) in [5.74, 6) is -0.0528. The monoisotopic (exact) mass is 401 g/mol. The highest BCUT2D eigenvalue weighted by Gasteiger charge is 2.14. The molecule has 0 aliphatic heterocycles. The third-order valence-electron chi connectivity index (χ3n) is 5.31. The number of benzene rings is 1. The number of aromatic nitrogens is 2. The Labute approximate surface area is 173 Å². The maximum atomic E-state index is 14.5. The van der Waals surface area contributed by atoms with E-state index < -0.39 is 0 Å². The second-order valence-electron chi connectivity index (χ2n) is 7.59. The predicted octanol–water partition coefficient (Wildman–Crippen LogP) is 6.98. The maximum absolute atomic E-state index is 14.5. The standard InChI is InChI=1S/C24H33F2N3/c1-6-9-10-18(7-2)11-12-27-22(20(25)8-3)15-17(5)23-19-13-16(4)14-21(26)24(19)29-28-23/h8,13-15,18,27H,5-7,9-12H2,1-4H3,(H,28,29)/b20-8+,22-15+. The summed E-state index contributed by atoms with van der Waals surface area (Å²) in [5, 5.41) is 10.8. The van der Waals surface area contributed by atoms with Gasteiger partial charge < -0.3 is 5.32 Å². The summed E-state index contributed by atoms with van der Waals surface area (Å²) >= 11 is 0. The lowest BCUT2D eigenvalue weighted by Crippen LogP contribution is -2.18. The molecule has 0 bridgehead atoms. The number of hydrogen-bond acceptors (Lipinski definition) is 2. The highest BCUT2D eigenvalue weighted by Crippen LogP contribution is 2.27. The van der Waals surface area contributed by atoms with Crippen LogP contribution in [0.4, 0.5) is 8.78 Å². The first-order valence-electron chi connectivity index (χ1n) is 10.5. The van der Waals surface area contributed by atoms with Crippen molar-refractivity contribution in [1.29, 1.82) is 0 Å². The van der Waals surface area contributed by atoms with Gasteiger partial charge in [-0.1, -0.05) is 46.1 Å². The molecule has 1 aromatic heterocycles. The molecule has 29 heavy (non-hydrogen) atoms. The van der Waals surface area contributed by atoms with Crippen LogP contribution in [0.3, 0.4) is 0 Å². The molecule has 0 fully saturated rings. The second kappa shape index (κ2) is 10.9. The number of allylic oxidation sites excluding steroid dienone is 4. The molecule has 0 aliphatic carbocycles. The number of nitrogens with zero attached hydrogens (tertiary/aromatic N) is 1. The minimum atomic E-state index is -0.355. The van der Waals surface area contributed by atoms with Gasteiger partial charge in [-0.2, -0.15) is 5.10 Å². The topological polar surface area (TPSA) is 40.7 Å². The fraction of sp³-hybridized carbons (Fsp3) is 0.458. The molecule has 1 atom stereocenters. The van der Waals surface area contributed by atoms with E-state index in [1.165, 1.54) is 31.4 Å². The van der Waals surface area contributed by atoms with Crippen molar-refractivity contribution in [2.45, 2.75) is 59.8 Å². The van der Waals surface area contributed by atoms with Gasteiger partial charge in [0.15, 0.2) is 0 Å². The molecule has 0 saturated heterocycles. The molecule has 158 valence electrons. The summed E-state index contributed by atoms with van der Waals surface area (Å²) in [6, 6.07) is 3.31. The molecule has 0 radical (unpaired) electrons. The first-order valence-corrected chi connectivity index (χ1v) is 10.5. The van der Waals surface area contributed by atoms with E-state index in [-0.39, 0.29) is 11.6 Å². The maximum Gasteiger partial charge on any atom is 0.149 e. The Kier molecular flexibility index (Phi) is 8.62. The van der Waals surface area contributed by atoms with Crippen molar-refractivity contribution < 1.29 is 8.78 Å². The predicted molar refractivity (Wildman–Crippen MR) is 119 cm³/mol. The van der Waals surface area contributed by atoms with Gasteiger partial charge >= 0.3 is 0 Å². The summed E-state index contributed by atoms with van der Waals surface area (Å²) < 4.78 is 28.6. The van der Waals surface area contributed by atoms with E-state index in [1.54, 1.807) is 13.0 Å². The van der Waals surface area contributed by atoms with Gasteiger partial charge in [0.25, 0.3) is 0 Å². The van der Waals surface area contributed by atoms with Gasteiger partial charge in [-0.05, 0) is 61.6 Å². The van der Waals surface area contributed by atoms with Crippen molar-refractivity contribution in [1.82, 2.24) is 15.5 Å². The smallest absolute Gasteiger partial charge is 0.149 e. The SMILES string of the molecule is C=C(/C=C(NCCC(CC)CCCC)\C(F)=C/C)c1n[nH]c2c(F)cc(C)cc12. The number of hydrogen-bond donors (Lipinski definition) is 2. The van der Waals surface area contributed by atoms with Crippen LogP contribution in [0, 0.1) is 18.7 Å². The molecule has 0 spiro atoms. The summed E-state index contributed by atoms with van der Waals surface area (Å²) in [6.07, 6.45) is 8.82. The van der Waals surface area contributed by atoms with Crippen LogP contribution in [0.2, 0.25) is 0 Å². The normalized spacial score (nSPS) is 13.7. The fourth-order valence-electron chi connectivity index (χ4n) is 3.52. The third kappa shape index (κ3) is 6.02. The third-order valence-corrected chi connectivity index (χ3v) is 5.31. The molecular weight excluding hydrogens is 368 g/mol. The Balaban J connectivity index is 2.19. The first-order chi connectivity index (χ1) is 13.9. The Morgan fingerprint density at radius 1 is 1.31 bits per heavy atom. The zero-order valence-corrected chi connectivity index (χ0v) is 18.0. The van der Waals surface area contributed by atoms with E-state index in [0.29, 0.717) is 40.3 Å². The van der Waals surface area contributed by atoms with Crippen LogP contribution in [0.5, 0.6) is 0 Å². The Morgan fingerprint density at radius 3 is 2.72 bits per heavy atom. The molecule has 5 heteroatoms. The molecule has 1 heterocycles. The van der Waals surface area contributed by atoms with E-state index in [4.69, 9.17) is 0 Å². The number of nitrogens with one attached hydrogen (secondary N) is 2. The van der Waals surface area contributed by atoms with E-state index in [0.717, 1.165) is 18.4 Å². The van der Waals surface area contributed by atoms with Crippen molar-refractivity contribution >= 4 is 16.5 Å². The van der Waals surface area contributed by atoms with Crippen molar-refractivity contribution in [3.05, 3.63) is 59.5 Å². The molecule has 2 aromatic rings. The molecule has 1 aromatic carbocycles. The molecule has 2 rings (SSSR count). The first kappa shape index (κ1) is 22.9. The highest BCUT2D eigenvalue weighted by atomic mass is 19.1. The number of unbranched alkanes of at least 4 members (excludes halogenated alkanes) is 1. The van der Waals surface area contributed by atoms with E-state index in [1.807, 2.05) is 13.0 Å². The van der Waals surface area contributed by atoms with Crippen LogP contribution in [0.15, 0.2) is 42.4 Å². The van der Waals surface area contributed by atoms with Gasteiger partial charge in [0, 0.05) is 11.9 Å². The number of aryl methyl sites for hydroxylation is 1. The quantitative estimate of drug-likeness (QED) is 0.399. The van der Waals surface area contributed by atoms with Crippen LogP contribution in [-0.2, 0) is 0 Å². The largest absolute Gasteiger partial charge is 0.383 e. The average Bonchev–Trinajstić information content (AvgIpc) is 3.13. The minimum absolute atomic E-state index is 0.336. The lowest BCUT2D eigenvalue weighted by atomic mass is 9.96. The van der Waals surface area contributed by atoms with E-state index in [9.17, 15) is 8.78 Å². The molecule has 2 N–H and O–H groups in total. The number of H-pyrrole nitrogens is 1. The van der Waals surface area contributed by atoms with Crippen LogP contribution >= 0.6 is 0 Å². The lowest BCUT2D eigenvalue weighted by molar-refractivity contribution is 0.415. The van der Waals surface area contributed by atoms with Gasteiger partial charge in [0.1, 0.15) is 17.2 Å². The Hall–Kier alpha value is -2.43. The molecule has 1 unspecified atom stereocenters. The van der Waals surface area contributed by atoms with Gasteiger partial charge in [0.2, 0.25) is 0 Å². The Morgan fingerprint density at radius 2 is 2.07 bits per heavy atom. The van der Waals surface area contributed by atoms with Gasteiger partial charge in [-0.3, -0.25) is 5.10 Å². The zero-order valence-electron chi connectivity index (χ0n) is 18.0. The van der Waals surface area contributed by atoms with E-state index in [2.05, 4.69) is 35.9 Å². The van der Waals surface area contributed by atoms with Crippen LogP contribution < -0.4 is 5.32 Å². The van der Waals surface area contributed by atoms with Crippen molar-refractivity contribution in [2.75, 3.05) is 6.54 Å². The summed E-state index contributed by atoms with van der Waals surface area (Å²) in [5.41, 5.74) is 2.57. The highest BCUT2D eigenvalue weighted by molar-refractivity contribution is 5.93. The second-order valence-corrected chi connectivity index (χ2v) is 7.59. The number of rotatable bonds is 11. The minimum Gasteiger partial charge on any atom is -0.383 e. The Bertz CT molecular complexity index is 893. The van der Waals surface area contributed by atoms with Gasteiger partial charge in [-0.25, -0.2) is 8.78 Å². The lowest BCUT2D eigenvalue weighted by Gasteiger charge is -2.16. The molecule has 3 nitrogen and oxygen atoms in total. The summed E-state index contributed by atoms with van der Waals surface area (Å²) in [6.45, 7) is 12.6. The van der Waals surface area contributed by atoms with Crippen LogP contribution in [0.1, 0.15) is 64.1 Å². The average molecular weight is 402 g/mol. The van der Waals surface area contributed by atoms with Crippen LogP contribution in [0.25, 0.3) is 16.5 Å². The zero-order chi connectivity index (χ0) is 21.4. The van der Waals surface area contributed by atoms with Crippen molar-refractivity contribution in [2.24, 2.45) is 5.92 Å². The molecule has 0 amide bonds. The number of aromatic amines is 1. The number of fused-ring (bicyclic) bond motifs is 1. The van der Waals surface area contributed by atoms with Crippen molar-refractivity contribution in [3.8, 4) is 0 Å². The van der Waals surface area contributed by atoms with E-state index >= 15 is 0 Å². The molecule has 0 aliphatic rings. The van der Waals surface area contributed by atoms with Gasteiger partial charge in [-0.15, -0.1) is 0 Å². The summed E-state index contributed by atoms with van der Waals surface area (Å²) in [4.78, 5) is 0. The summed E-state index contributed by atoms with van der Waals surface area (Å²) in [7, 11) is 0. The van der Waals surface area contributed by atoms with Crippen LogP contribution in [-0.4, -0.2) is 16.7 Å². The molecular formula is C24H33F2N3. The number of halogens is 2. The fourth-order valence-corrected chi connectivity index (χ4v) is 3.52. The van der Waals surface area contributed by atoms with Gasteiger partial charge in [0.05, 0.1) is 11.4 Å². The van der Waals surface area contributed by atoms with Crippen molar-refractivity contribution in [3.63, 3.8) is 0 Å². The molecule has 0 saturated carbocycles.